The molecule has 1 saturated carbocycles. The lowest BCUT2D eigenvalue weighted by atomic mass is 10.1. The molecule has 0 bridgehead atoms. The lowest BCUT2D eigenvalue weighted by molar-refractivity contribution is 0.472. The molecule has 0 aliphatic heterocycles. The molecule has 0 atom stereocenters. The number of rotatable bonds is 2. The first-order chi connectivity index (χ1) is 7.95. The second-order valence-corrected chi connectivity index (χ2v) is 4.47. The summed E-state index contributed by atoms with van der Waals surface area (Å²) in [6.07, 6.45) is 7.17. The highest BCUT2D eigenvalue weighted by molar-refractivity contribution is 5.59. The third kappa shape index (κ3) is 1.64. The summed E-state index contributed by atoms with van der Waals surface area (Å²) in [6.45, 7) is 0. The zero-order valence-corrected chi connectivity index (χ0v) is 9.34. The average molecular weight is 212 g/mol. The van der Waals surface area contributed by atoms with Crippen LogP contribution >= 0.6 is 0 Å². The fourth-order valence-corrected chi connectivity index (χ4v) is 2.59. The van der Waals surface area contributed by atoms with E-state index in [2.05, 4.69) is 46.2 Å². The monoisotopic (exact) mass is 212 g/mol. The van der Waals surface area contributed by atoms with Gasteiger partial charge >= 0.3 is 0 Å². The molecule has 1 aromatic carbocycles. The Morgan fingerprint density at radius 2 is 1.75 bits per heavy atom. The molecule has 0 saturated heterocycles. The van der Waals surface area contributed by atoms with E-state index in [1.165, 1.54) is 36.9 Å². The van der Waals surface area contributed by atoms with Gasteiger partial charge in [0, 0.05) is 6.20 Å². The van der Waals surface area contributed by atoms with E-state index < -0.39 is 0 Å². The fourth-order valence-electron chi connectivity index (χ4n) is 2.59. The second kappa shape index (κ2) is 4.12. The van der Waals surface area contributed by atoms with Crippen molar-refractivity contribution in [3.8, 4) is 11.3 Å². The maximum atomic E-state index is 4.49. The first-order valence-electron chi connectivity index (χ1n) is 6.04. The van der Waals surface area contributed by atoms with Crippen LogP contribution in [0.2, 0.25) is 0 Å². The Morgan fingerprint density at radius 1 is 1.00 bits per heavy atom. The van der Waals surface area contributed by atoms with Crippen LogP contribution in [-0.4, -0.2) is 9.78 Å². The molecule has 0 amide bonds. The fraction of sp³-hybridized carbons (Fsp3) is 0.357. The predicted molar refractivity (Wildman–Crippen MR) is 65.2 cm³/mol. The number of hydrogen-bond donors (Lipinski definition) is 0. The van der Waals surface area contributed by atoms with Crippen molar-refractivity contribution in [2.45, 2.75) is 31.7 Å². The highest BCUT2D eigenvalue weighted by atomic mass is 15.3. The molecule has 0 unspecified atom stereocenters. The number of benzene rings is 1. The highest BCUT2D eigenvalue weighted by Crippen LogP contribution is 2.32. The summed E-state index contributed by atoms with van der Waals surface area (Å²) < 4.78 is 2.21. The van der Waals surface area contributed by atoms with Crippen molar-refractivity contribution in [3.63, 3.8) is 0 Å². The molecule has 3 rings (SSSR count). The van der Waals surface area contributed by atoms with Crippen LogP contribution < -0.4 is 0 Å². The minimum Gasteiger partial charge on any atom is -0.262 e. The maximum Gasteiger partial charge on any atom is 0.0685 e. The molecule has 2 nitrogen and oxygen atoms in total. The van der Waals surface area contributed by atoms with E-state index in [4.69, 9.17) is 0 Å². The smallest absolute Gasteiger partial charge is 0.0685 e. The molecule has 0 N–H and O–H groups in total. The quantitative estimate of drug-likeness (QED) is 0.742. The topological polar surface area (TPSA) is 17.8 Å². The summed E-state index contributed by atoms with van der Waals surface area (Å²) in [5.74, 6) is 0. The van der Waals surface area contributed by atoms with Crippen molar-refractivity contribution in [2.24, 2.45) is 0 Å². The van der Waals surface area contributed by atoms with Crippen molar-refractivity contribution < 1.29 is 0 Å². The Hall–Kier alpha value is -1.57. The van der Waals surface area contributed by atoms with Crippen LogP contribution in [0.15, 0.2) is 42.6 Å². The normalized spacial score (nSPS) is 16.8. The predicted octanol–water partition coefficient (Wildman–Crippen LogP) is 3.67. The zero-order valence-electron chi connectivity index (χ0n) is 9.34. The number of aromatic nitrogens is 2. The van der Waals surface area contributed by atoms with Crippen molar-refractivity contribution >= 4 is 0 Å². The molecule has 16 heavy (non-hydrogen) atoms. The second-order valence-electron chi connectivity index (χ2n) is 4.47. The molecule has 2 heteroatoms. The molecule has 1 aromatic heterocycles. The summed E-state index contributed by atoms with van der Waals surface area (Å²) in [6, 6.07) is 13.3. The summed E-state index contributed by atoms with van der Waals surface area (Å²) in [7, 11) is 0. The molecule has 1 fully saturated rings. The molecule has 82 valence electrons. The summed E-state index contributed by atoms with van der Waals surface area (Å²) in [5.41, 5.74) is 2.53. The van der Waals surface area contributed by atoms with E-state index in [1.807, 2.05) is 6.20 Å². The molecular weight excluding hydrogens is 196 g/mol. The van der Waals surface area contributed by atoms with Crippen LogP contribution in [0, 0.1) is 0 Å². The van der Waals surface area contributed by atoms with E-state index in [0.717, 1.165) is 0 Å². The van der Waals surface area contributed by atoms with Gasteiger partial charge in [-0.15, -0.1) is 0 Å². The van der Waals surface area contributed by atoms with E-state index in [-0.39, 0.29) is 0 Å². The van der Waals surface area contributed by atoms with Crippen LogP contribution in [0.5, 0.6) is 0 Å². The molecule has 1 aliphatic rings. The van der Waals surface area contributed by atoms with Gasteiger partial charge in [0.05, 0.1) is 11.7 Å². The van der Waals surface area contributed by atoms with Crippen LogP contribution in [0.4, 0.5) is 0 Å². The van der Waals surface area contributed by atoms with Gasteiger partial charge in [-0.1, -0.05) is 43.2 Å². The lowest BCUT2D eigenvalue weighted by Crippen LogP contribution is -2.07. The third-order valence-corrected chi connectivity index (χ3v) is 3.41. The first-order valence-corrected chi connectivity index (χ1v) is 6.04. The van der Waals surface area contributed by atoms with Gasteiger partial charge in [0.25, 0.3) is 0 Å². The van der Waals surface area contributed by atoms with Crippen LogP contribution in [0.25, 0.3) is 11.3 Å². The first kappa shape index (κ1) is 9.64. The van der Waals surface area contributed by atoms with Gasteiger partial charge in [0.2, 0.25) is 0 Å². The molecule has 0 radical (unpaired) electrons. The Kier molecular flexibility index (Phi) is 2.49. The molecule has 2 aromatic rings. The van der Waals surface area contributed by atoms with E-state index in [1.54, 1.807) is 0 Å². The summed E-state index contributed by atoms with van der Waals surface area (Å²) >= 11 is 0. The Labute approximate surface area is 95.9 Å². The number of nitrogens with zero attached hydrogens (tertiary/aromatic N) is 2. The van der Waals surface area contributed by atoms with Gasteiger partial charge in [0.15, 0.2) is 0 Å². The van der Waals surface area contributed by atoms with Gasteiger partial charge in [-0.25, -0.2) is 0 Å². The SMILES string of the molecule is c1ccc(-c2ccnn2C2CCCC2)cc1. The van der Waals surface area contributed by atoms with Crippen LogP contribution in [0.1, 0.15) is 31.7 Å². The number of hydrogen-bond acceptors (Lipinski definition) is 1. The Morgan fingerprint density at radius 3 is 2.50 bits per heavy atom. The van der Waals surface area contributed by atoms with Crippen LogP contribution in [0.3, 0.4) is 0 Å². The van der Waals surface area contributed by atoms with E-state index in [9.17, 15) is 0 Å². The Balaban J connectivity index is 1.99. The lowest BCUT2D eigenvalue weighted by Gasteiger charge is -2.14. The van der Waals surface area contributed by atoms with Gasteiger partial charge in [0.1, 0.15) is 0 Å². The van der Waals surface area contributed by atoms with Gasteiger partial charge in [-0.3, -0.25) is 4.68 Å². The Bertz CT molecular complexity index is 453. The minimum atomic E-state index is 0.616. The zero-order chi connectivity index (χ0) is 10.8. The van der Waals surface area contributed by atoms with Gasteiger partial charge in [-0.05, 0) is 24.5 Å². The summed E-state index contributed by atoms with van der Waals surface area (Å²) in [5, 5.41) is 4.49. The summed E-state index contributed by atoms with van der Waals surface area (Å²) in [4.78, 5) is 0. The maximum absolute atomic E-state index is 4.49. The molecular formula is C14H16N2. The minimum absolute atomic E-state index is 0.616. The van der Waals surface area contributed by atoms with Crippen molar-refractivity contribution in [1.82, 2.24) is 9.78 Å². The van der Waals surface area contributed by atoms with Crippen molar-refractivity contribution in [1.29, 1.82) is 0 Å². The largest absolute Gasteiger partial charge is 0.262 e. The average Bonchev–Trinajstić information content (AvgIpc) is 3.01. The van der Waals surface area contributed by atoms with Crippen molar-refractivity contribution in [3.05, 3.63) is 42.6 Å². The van der Waals surface area contributed by atoms with Gasteiger partial charge < -0.3 is 0 Å². The van der Waals surface area contributed by atoms with Crippen LogP contribution in [-0.2, 0) is 0 Å². The third-order valence-electron chi connectivity index (χ3n) is 3.41. The van der Waals surface area contributed by atoms with E-state index >= 15 is 0 Å². The van der Waals surface area contributed by atoms with E-state index in [0.29, 0.717) is 6.04 Å². The van der Waals surface area contributed by atoms with Gasteiger partial charge in [-0.2, -0.15) is 5.10 Å². The molecule has 1 heterocycles. The molecule has 1 aliphatic carbocycles. The standard InChI is InChI=1S/C14H16N2/c1-2-6-12(7-3-1)14-10-11-15-16(14)13-8-4-5-9-13/h1-3,6-7,10-11,13H,4-5,8-9H2. The molecule has 0 spiro atoms. The highest BCUT2D eigenvalue weighted by Gasteiger charge is 2.19. The van der Waals surface area contributed by atoms with Crippen molar-refractivity contribution in [2.75, 3.05) is 0 Å².